The molecule has 20 heavy (non-hydrogen) atoms. The molecule has 0 radical (unpaired) electrons. The first-order valence-electron chi connectivity index (χ1n) is 6.62. The predicted molar refractivity (Wildman–Crippen MR) is 71.4 cm³/mol. The zero-order valence-electron chi connectivity index (χ0n) is 11.1. The smallest absolute Gasteiger partial charge is 0.361 e. The van der Waals surface area contributed by atoms with E-state index in [-0.39, 0.29) is 18.1 Å². The summed E-state index contributed by atoms with van der Waals surface area (Å²) in [6.07, 6.45) is 2.17. The van der Waals surface area contributed by atoms with Crippen LogP contribution < -0.4 is 0 Å². The van der Waals surface area contributed by atoms with Crippen LogP contribution in [0.4, 0.5) is 0 Å². The lowest BCUT2D eigenvalue weighted by atomic mass is 10.0. The van der Waals surface area contributed by atoms with Crippen LogP contribution in [0.1, 0.15) is 41.7 Å². The average molecular weight is 273 g/mol. The normalized spacial score (nSPS) is 14.2. The predicted octanol–water partition coefficient (Wildman–Crippen LogP) is 2.23. The second-order valence-corrected chi connectivity index (χ2v) is 4.76. The van der Waals surface area contributed by atoms with Gasteiger partial charge in [-0.25, -0.2) is 4.79 Å². The molecule has 1 aromatic heterocycles. The lowest BCUT2D eigenvalue weighted by Gasteiger charge is -2.08. The summed E-state index contributed by atoms with van der Waals surface area (Å²) in [5, 5.41) is 20.6. The topological polar surface area (TPSA) is 88.1 Å². The molecule has 2 N–H and O–H groups in total. The molecular weight excluding hydrogens is 258 g/mol. The minimum atomic E-state index is -0.549. The molecule has 1 fully saturated rings. The highest BCUT2D eigenvalue weighted by molar-refractivity contribution is 5.94. The number of esters is 1. The van der Waals surface area contributed by atoms with Crippen LogP contribution >= 0.6 is 0 Å². The van der Waals surface area contributed by atoms with E-state index in [4.69, 9.17) is 4.74 Å². The number of nitrogens with one attached hydrogen (secondary N) is 1. The molecule has 6 heteroatoms. The van der Waals surface area contributed by atoms with Gasteiger partial charge in [-0.1, -0.05) is 12.1 Å². The Labute approximate surface area is 115 Å². The fourth-order valence-electron chi connectivity index (χ4n) is 2.24. The van der Waals surface area contributed by atoms with Crippen molar-refractivity contribution in [2.24, 2.45) is 0 Å². The summed E-state index contributed by atoms with van der Waals surface area (Å²) in [6, 6.07) is 5.48. The molecule has 0 aliphatic heterocycles. The molecule has 0 saturated heterocycles. The fraction of sp³-hybridized carbons (Fsp3) is 0.357. The van der Waals surface area contributed by atoms with Gasteiger partial charge in [-0.05, 0) is 37.3 Å². The minimum absolute atomic E-state index is 0.0927. The number of para-hydroxylation sites is 1. The van der Waals surface area contributed by atoms with Crippen LogP contribution in [-0.4, -0.2) is 33.1 Å². The molecule has 0 atom stereocenters. The highest BCUT2D eigenvalue weighted by Crippen LogP contribution is 2.46. The Morgan fingerprint density at radius 2 is 2.25 bits per heavy atom. The maximum Gasteiger partial charge on any atom is 0.361 e. The Morgan fingerprint density at radius 3 is 2.95 bits per heavy atom. The highest BCUT2D eigenvalue weighted by atomic mass is 16.5. The molecule has 3 rings (SSSR count). The van der Waals surface area contributed by atoms with E-state index in [0.29, 0.717) is 17.2 Å². The summed E-state index contributed by atoms with van der Waals surface area (Å²) in [5.41, 5.74) is 1.82. The van der Waals surface area contributed by atoms with Crippen molar-refractivity contribution in [2.75, 3.05) is 6.61 Å². The number of carbonyl (C=O) groups is 1. The van der Waals surface area contributed by atoms with Crippen molar-refractivity contribution in [1.29, 1.82) is 0 Å². The number of ether oxygens (including phenoxy) is 1. The lowest BCUT2D eigenvalue weighted by Crippen LogP contribution is -2.07. The van der Waals surface area contributed by atoms with Gasteiger partial charge >= 0.3 is 5.97 Å². The number of carbonyl (C=O) groups excluding carboxylic acids is 1. The number of aromatic hydroxyl groups is 1. The first kappa shape index (κ1) is 12.7. The van der Waals surface area contributed by atoms with E-state index >= 15 is 0 Å². The number of H-pyrrole nitrogens is 1. The SMILES string of the molecule is CCOC(=O)c1n[nH]nc1-c1cccc(C2CC2)c1O. The molecule has 0 amide bonds. The Balaban J connectivity index is 2.03. The van der Waals surface area contributed by atoms with E-state index < -0.39 is 5.97 Å². The number of benzene rings is 1. The number of aromatic amines is 1. The Bertz CT molecular complexity index is 647. The van der Waals surface area contributed by atoms with E-state index in [9.17, 15) is 9.90 Å². The lowest BCUT2D eigenvalue weighted by molar-refractivity contribution is 0.0520. The van der Waals surface area contributed by atoms with Crippen LogP contribution in [0.3, 0.4) is 0 Å². The number of hydrogen-bond donors (Lipinski definition) is 2. The van der Waals surface area contributed by atoms with Crippen LogP contribution in [0.5, 0.6) is 5.75 Å². The molecule has 2 aromatic rings. The van der Waals surface area contributed by atoms with E-state index in [2.05, 4.69) is 15.4 Å². The summed E-state index contributed by atoms with van der Waals surface area (Å²) < 4.78 is 4.94. The Hall–Kier alpha value is -2.37. The average Bonchev–Trinajstić information content (AvgIpc) is 3.16. The summed E-state index contributed by atoms with van der Waals surface area (Å²) >= 11 is 0. The van der Waals surface area contributed by atoms with Gasteiger partial charge < -0.3 is 9.84 Å². The molecule has 1 aliphatic carbocycles. The third-order valence-corrected chi connectivity index (χ3v) is 3.36. The van der Waals surface area contributed by atoms with E-state index in [0.717, 1.165) is 18.4 Å². The molecule has 1 heterocycles. The summed E-state index contributed by atoms with van der Waals surface area (Å²) in [5.74, 6) is 0.0369. The van der Waals surface area contributed by atoms with Crippen LogP contribution in [0.15, 0.2) is 18.2 Å². The number of aromatic nitrogens is 3. The third kappa shape index (κ3) is 2.13. The van der Waals surface area contributed by atoms with Gasteiger partial charge in [-0.3, -0.25) is 0 Å². The van der Waals surface area contributed by atoms with Crippen molar-refractivity contribution in [3.63, 3.8) is 0 Å². The van der Waals surface area contributed by atoms with E-state index in [1.54, 1.807) is 13.0 Å². The van der Waals surface area contributed by atoms with Crippen molar-refractivity contribution < 1.29 is 14.6 Å². The van der Waals surface area contributed by atoms with Gasteiger partial charge in [0.2, 0.25) is 0 Å². The molecule has 1 aliphatic rings. The maximum absolute atomic E-state index is 11.8. The number of phenols is 1. The van der Waals surface area contributed by atoms with Crippen molar-refractivity contribution in [3.8, 4) is 17.0 Å². The van der Waals surface area contributed by atoms with Crippen molar-refractivity contribution in [1.82, 2.24) is 15.4 Å². The second kappa shape index (κ2) is 4.96. The minimum Gasteiger partial charge on any atom is -0.507 e. The molecule has 6 nitrogen and oxygen atoms in total. The molecule has 1 aromatic carbocycles. The van der Waals surface area contributed by atoms with E-state index in [1.165, 1.54) is 0 Å². The third-order valence-electron chi connectivity index (χ3n) is 3.36. The highest BCUT2D eigenvalue weighted by Gasteiger charge is 2.29. The zero-order chi connectivity index (χ0) is 14.1. The van der Waals surface area contributed by atoms with Crippen molar-refractivity contribution in [2.45, 2.75) is 25.7 Å². The fourth-order valence-corrected chi connectivity index (χ4v) is 2.24. The molecule has 0 unspecified atom stereocenters. The summed E-state index contributed by atoms with van der Waals surface area (Å²) in [6.45, 7) is 1.99. The zero-order valence-corrected chi connectivity index (χ0v) is 11.1. The largest absolute Gasteiger partial charge is 0.507 e. The van der Waals surface area contributed by atoms with Gasteiger partial charge in [0.15, 0.2) is 5.69 Å². The van der Waals surface area contributed by atoms with E-state index in [1.807, 2.05) is 12.1 Å². The molecule has 1 saturated carbocycles. The van der Waals surface area contributed by atoms with Gasteiger partial charge in [0.1, 0.15) is 11.4 Å². The quantitative estimate of drug-likeness (QED) is 0.834. The van der Waals surface area contributed by atoms with Gasteiger partial charge in [-0.2, -0.15) is 10.3 Å². The van der Waals surface area contributed by atoms with Gasteiger partial charge in [0, 0.05) is 5.56 Å². The number of rotatable bonds is 4. The van der Waals surface area contributed by atoms with Crippen molar-refractivity contribution in [3.05, 3.63) is 29.5 Å². The van der Waals surface area contributed by atoms with Gasteiger partial charge in [-0.15, -0.1) is 5.10 Å². The Morgan fingerprint density at radius 1 is 1.45 bits per heavy atom. The molecular formula is C14H15N3O3. The summed E-state index contributed by atoms with van der Waals surface area (Å²) in [4.78, 5) is 11.8. The van der Waals surface area contributed by atoms with Crippen LogP contribution in [0.2, 0.25) is 0 Å². The number of hydrogen-bond acceptors (Lipinski definition) is 5. The number of nitrogens with zero attached hydrogens (tertiary/aromatic N) is 2. The Kier molecular flexibility index (Phi) is 3.14. The standard InChI is InChI=1S/C14H15N3O3/c1-2-20-14(19)12-11(15-17-16-12)10-5-3-4-9(13(10)18)8-6-7-8/h3-5,8,18H,2,6-7H2,1H3,(H,15,16,17). The second-order valence-electron chi connectivity index (χ2n) is 4.76. The van der Waals surface area contributed by atoms with Crippen LogP contribution in [0.25, 0.3) is 11.3 Å². The van der Waals surface area contributed by atoms with Gasteiger partial charge in [0.25, 0.3) is 0 Å². The molecule has 0 spiro atoms. The monoisotopic (exact) mass is 273 g/mol. The first-order valence-corrected chi connectivity index (χ1v) is 6.62. The van der Waals surface area contributed by atoms with Crippen LogP contribution in [-0.2, 0) is 4.74 Å². The maximum atomic E-state index is 11.8. The van der Waals surface area contributed by atoms with Crippen LogP contribution in [0, 0.1) is 0 Å². The summed E-state index contributed by atoms with van der Waals surface area (Å²) in [7, 11) is 0. The van der Waals surface area contributed by atoms with Crippen molar-refractivity contribution >= 4 is 5.97 Å². The molecule has 104 valence electrons. The first-order chi connectivity index (χ1) is 9.72. The molecule has 0 bridgehead atoms. The number of phenolic OH excluding ortho intramolecular Hbond substituents is 1. The van der Waals surface area contributed by atoms with Gasteiger partial charge in [0.05, 0.1) is 6.61 Å².